The molecule has 2 aliphatic heterocycles. The fraction of sp³-hybridized carbons (Fsp3) is 0.706. The van der Waals surface area contributed by atoms with Gasteiger partial charge in [0.05, 0.1) is 12.1 Å². The lowest BCUT2D eigenvalue weighted by atomic mass is 9.99. The zero-order chi connectivity index (χ0) is 17.2. The smallest absolute Gasteiger partial charge is 0.219 e. The van der Waals surface area contributed by atoms with Crippen molar-refractivity contribution in [1.82, 2.24) is 19.8 Å². The number of piperidine rings is 1. The van der Waals surface area contributed by atoms with Gasteiger partial charge in [0.1, 0.15) is 12.1 Å². The maximum absolute atomic E-state index is 11.4. The van der Waals surface area contributed by atoms with E-state index < -0.39 is 5.60 Å². The Kier molecular flexibility index (Phi) is 5.01. The maximum atomic E-state index is 11.4. The van der Waals surface area contributed by atoms with E-state index in [-0.39, 0.29) is 5.91 Å². The van der Waals surface area contributed by atoms with Crippen LogP contribution in [-0.2, 0) is 4.79 Å². The Labute approximate surface area is 143 Å². The van der Waals surface area contributed by atoms with Crippen molar-refractivity contribution in [3.8, 4) is 0 Å². The Bertz CT molecular complexity index is 588. The molecule has 0 radical (unpaired) electrons. The summed E-state index contributed by atoms with van der Waals surface area (Å²) in [6.45, 7) is 7.20. The first-order valence-corrected chi connectivity index (χ1v) is 8.69. The summed E-state index contributed by atoms with van der Waals surface area (Å²) in [5.41, 5.74) is 0.207. The molecule has 2 saturated heterocycles. The molecule has 0 aliphatic carbocycles. The van der Waals surface area contributed by atoms with Gasteiger partial charge in [0.25, 0.3) is 0 Å². The van der Waals surface area contributed by atoms with Crippen molar-refractivity contribution in [3.05, 3.63) is 18.1 Å². The Morgan fingerprint density at radius 1 is 1.38 bits per heavy atom. The number of nitrogens with one attached hydrogen (secondary N) is 1. The van der Waals surface area contributed by atoms with Gasteiger partial charge < -0.3 is 20.2 Å². The Balaban J connectivity index is 1.46. The predicted molar refractivity (Wildman–Crippen MR) is 91.7 cm³/mol. The van der Waals surface area contributed by atoms with Crippen LogP contribution >= 0.6 is 0 Å². The lowest BCUT2D eigenvalue weighted by molar-refractivity contribution is -0.129. The molecule has 0 bridgehead atoms. The zero-order valence-corrected chi connectivity index (χ0v) is 14.5. The highest BCUT2D eigenvalue weighted by molar-refractivity contribution is 5.73. The molecular weight excluding hydrogens is 306 g/mol. The number of aliphatic hydroxyl groups is 1. The summed E-state index contributed by atoms with van der Waals surface area (Å²) in [5.74, 6) is 0.932. The highest BCUT2D eigenvalue weighted by Gasteiger charge is 2.39. The van der Waals surface area contributed by atoms with Crippen LogP contribution < -0.4 is 5.32 Å². The maximum Gasteiger partial charge on any atom is 0.219 e. The molecule has 0 spiro atoms. The van der Waals surface area contributed by atoms with Crippen molar-refractivity contribution in [3.63, 3.8) is 0 Å². The van der Waals surface area contributed by atoms with Crippen LogP contribution in [0.4, 0.5) is 5.82 Å². The minimum atomic E-state index is -0.754. The van der Waals surface area contributed by atoms with Crippen LogP contribution in [0.15, 0.2) is 12.4 Å². The number of aromatic nitrogens is 2. The fourth-order valence-electron chi connectivity index (χ4n) is 3.65. The minimum absolute atomic E-state index is 0.0500. The number of likely N-dealkylation sites (tertiary alicyclic amines) is 2. The van der Waals surface area contributed by atoms with Gasteiger partial charge >= 0.3 is 0 Å². The molecule has 3 heterocycles. The number of nitrogens with zero attached hydrogens (tertiary/aromatic N) is 4. The number of β-amino-alcohol motifs (C(OH)–C–C–N with tert-alkyl or cyclic N) is 1. The molecule has 3 rings (SSSR count). The van der Waals surface area contributed by atoms with Crippen molar-refractivity contribution >= 4 is 11.7 Å². The van der Waals surface area contributed by atoms with Crippen LogP contribution in [0, 0.1) is 6.92 Å². The highest BCUT2D eigenvalue weighted by Crippen LogP contribution is 2.24. The number of anilines is 1. The van der Waals surface area contributed by atoms with E-state index in [0.29, 0.717) is 32.1 Å². The Morgan fingerprint density at radius 3 is 2.75 bits per heavy atom. The van der Waals surface area contributed by atoms with Gasteiger partial charge in [-0.25, -0.2) is 9.97 Å². The molecular formula is C17H27N5O2. The van der Waals surface area contributed by atoms with E-state index in [0.717, 1.165) is 37.4 Å². The van der Waals surface area contributed by atoms with Gasteiger partial charge in [0.2, 0.25) is 5.91 Å². The third-order valence-corrected chi connectivity index (χ3v) is 5.04. The normalized spacial score (nSPS) is 25.9. The highest BCUT2D eigenvalue weighted by atomic mass is 16.3. The van der Waals surface area contributed by atoms with Gasteiger partial charge in [0, 0.05) is 50.9 Å². The number of hydrogen-bond donors (Lipinski definition) is 2. The number of carbonyl (C=O) groups is 1. The summed E-state index contributed by atoms with van der Waals surface area (Å²) in [6.07, 6.45) is 4.30. The van der Waals surface area contributed by atoms with Crippen molar-refractivity contribution < 1.29 is 9.90 Å². The molecule has 2 fully saturated rings. The van der Waals surface area contributed by atoms with Crippen LogP contribution in [0.5, 0.6) is 0 Å². The minimum Gasteiger partial charge on any atom is -0.387 e. The summed E-state index contributed by atoms with van der Waals surface area (Å²) >= 11 is 0. The summed E-state index contributed by atoms with van der Waals surface area (Å²) < 4.78 is 0. The molecule has 7 nitrogen and oxygen atoms in total. The molecule has 2 aliphatic rings. The second-order valence-corrected chi connectivity index (χ2v) is 7.15. The topological polar surface area (TPSA) is 81.6 Å². The molecule has 7 heteroatoms. The number of amides is 1. The van der Waals surface area contributed by atoms with Gasteiger partial charge in [-0.15, -0.1) is 0 Å². The van der Waals surface area contributed by atoms with Gasteiger partial charge in [-0.2, -0.15) is 0 Å². The first-order valence-electron chi connectivity index (χ1n) is 8.69. The summed E-state index contributed by atoms with van der Waals surface area (Å²) in [7, 11) is 0. The third-order valence-electron chi connectivity index (χ3n) is 5.04. The van der Waals surface area contributed by atoms with E-state index in [4.69, 9.17) is 0 Å². The fourth-order valence-corrected chi connectivity index (χ4v) is 3.65. The second-order valence-electron chi connectivity index (χ2n) is 7.15. The molecule has 24 heavy (non-hydrogen) atoms. The SMILES string of the molecule is CC(=O)N1CCC(O)(CN2CCC(Nc3cc(C)ncn3)CC2)C1. The van der Waals surface area contributed by atoms with Gasteiger partial charge in [-0.3, -0.25) is 4.79 Å². The van der Waals surface area contributed by atoms with Crippen molar-refractivity contribution in [2.24, 2.45) is 0 Å². The van der Waals surface area contributed by atoms with Crippen LogP contribution in [0.3, 0.4) is 0 Å². The summed E-state index contributed by atoms with van der Waals surface area (Å²) in [6, 6.07) is 2.37. The largest absolute Gasteiger partial charge is 0.387 e. The first kappa shape index (κ1) is 17.1. The molecule has 1 aromatic rings. The Hall–Kier alpha value is -1.73. The molecule has 1 amide bonds. The zero-order valence-electron chi connectivity index (χ0n) is 14.5. The van der Waals surface area contributed by atoms with Crippen molar-refractivity contribution in [1.29, 1.82) is 0 Å². The second kappa shape index (κ2) is 7.03. The van der Waals surface area contributed by atoms with Crippen LogP contribution in [0.25, 0.3) is 0 Å². The molecule has 132 valence electrons. The molecule has 1 aromatic heterocycles. The lowest BCUT2D eigenvalue weighted by Gasteiger charge is -2.36. The van der Waals surface area contributed by atoms with Crippen LogP contribution in [-0.4, -0.2) is 75.1 Å². The molecule has 1 atom stereocenters. The molecule has 1 unspecified atom stereocenters. The average Bonchev–Trinajstić information content (AvgIpc) is 2.92. The van der Waals surface area contributed by atoms with Crippen molar-refractivity contribution in [2.45, 2.75) is 44.8 Å². The quantitative estimate of drug-likeness (QED) is 0.842. The summed E-state index contributed by atoms with van der Waals surface area (Å²) in [5, 5.41) is 14.2. The van der Waals surface area contributed by atoms with Crippen LogP contribution in [0.1, 0.15) is 31.9 Å². The molecule has 0 saturated carbocycles. The monoisotopic (exact) mass is 333 g/mol. The van der Waals surface area contributed by atoms with Gasteiger partial charge in [-0.05, 0) is 26.2 Å². The van der Waals surface area contributed by atoms with Crippen molar-refractivity contribution in [2.75, 3.05) is 38.0 Å². The van der Waals surface area contributed by atoms with E-state index >= 15 is 0 Å². The molecule has 0 aromatic carbocycles. The standard InChI is InChI=1S/C17H27N5O2/c1-13-9-16(19-12-18-13)20-15-3-6-21(7-4-15)10-17(24)5-8-22(11-17)14(2)23/h9,12,15,24H,3-8,10-11H2,1-2H3,(H,18,19,20). The first-order chi connectivity index (χ1) is 11.4. The average molecular weight is 333 g/mol. The van der Waals surface area contributed by atoms with E-state index in [1.165, 1.54) is 0 Å². The van der Waals surface area contributed by atoms with Crippen LogP contribution in [0.2, 0.25) is 0 Å². The van der Waals surface area contributed by atoms with Gasteiger partial charge in [-0.1, -0.05) is 0 Å². The third kappa shape index (κ3) is 4.21. The lowest BCUT2D eigenvalue weighted by Crippen LogP contribution is -2.49. The van der Waals surface area contributed by atoms with E-state index in [1.807, 2.05) is 13.0 Å². The van der Waals surface area contributed by atoms with E-state index in [9.17, 15) is 9.90 Å². The van der Waals surface area contributed by atoms with Gasteiger partial charge in [0.15, 0.2) is 0 Å². The number of aryl methyl sites for hydroxylation is 1. The number of hydrogen-bond acceptors (Lipinski definition) is 6. The predicted octanol–water partition coefficient (Wildman–Crippen LogP) is 0.645. The van der Waals surface area contributed by atoms with E-state index in [1.54, 1.807) is 18.2 Å². The number of rotatable bonds is 4. The summed E-state index contributed by atoms with van der Waals surface area (Å²) in [4.78, 5) is 23.9. The Morgan fingerprint density at radius 2 is 2.12 bits per heavy atom. The number of carbonyl (C=O) groups excluding carboxylic acids is 1. The van der Waals surface area contributed by atoms with E-state index in [2.05, 4.69) is 20.2 Å². The molecule has 2 N–H and O–H groups in total.